The molecule has 86 valence electrons. The van der Waals surface area contributed by atoms with E-state index in [0.29, 0.717) is 12.1 Å². The highest BCUT2D eigenvalue weighted by atomic mass is 15.1. The number of pyridine rings is 1. The number of hydrogen-bond acceptors (Lipinski definition) is 4. The molecule has 4 heteroatoms. The monoisotopic (exact) mass is 218 g/mol. The molecule has 1 aromatic rings. The summed E-state index contributed by atoms with van der Waals surface area (Å²) in [5.74, 6) is 0. The molecule has 0 saturated heterocycles. The standard InChI is InChI=1S/C12H18N4/c1-12(2,8-14)9-16(3)11-7-15-5-4-10(11)6-13/h4-5,7H,8-9,14H2,1-3H3. The number of anilines is 1. The quantitative estimate of drug-likeness (QED) is 0.829. The van der Waals surface area contributed by atoms with E-state index in [0.717, 1.165) is 12.2 Å². The number of hydrogen-bond donors (Lipinski definition) is 1. The lowest BCUT2D eigenvalue weighted by atomic mass is 9.93. The van der Waals surface area contributed by atoms with Gasteiger partial charge >= 0.3 is 0 Å². The van der Waals surface area contributed by atoms with Gasteiger partial charge in [-0.25, -0.2) is 0 Å². The van der Waals surface area contributed by atoms with Crippen molar-refractivity contribution in [3.05, 3.63) is 24.0 Å². The first-order valence-electron chi connectivity index (χ1n) is 5.25. The highest BCUT2D eigenvalue weighted by molar-refractivity contribution is 5.57. The SMILES string of the molecule is CN(CC(C)(C)CN)c1cnccc1C#N. The Kier molecular flexibility index (Phi) is 3.86. The average Bonchev–Trinajstić information content (AvgIpc) is 2.28. The maximum Gasteiger partial charge on any atom is 0.101 e. The minimum atomic E-state index is 0.0251. The minimum Gasteiger partial charge on any atom is -0.372 e. The van der Waals surface area contributed by atoms with Crippen molar-refractivity contribution in [2.75, 3.05) is 25.0 Å². The van der Waals surface area contributed by atoms with Crippen LogP contribution < -0.4 is 10.6 Å². The van der Waals surface area contributed by atoms with Gasteiger partial charge in [-0.05, 0) is 18.0 Å². The second kappa shape index (κ2) is 4.95. The van der Waals surface area contributed by atoms with Crippen LogP contribution in [0.5, 0.6) is 0 Å². The summed E-state index contributed by atoms with van der Waals surface area (Å²) in [5, 5.41) is 8.99. The van der Waals surface area contributed by atoms with Gasteiger partial charge in [0.15, 0.2) is 0 Å². The van der Waals surface area contributed by atoms with Gasteiger partial charge in [0.2, 0.25) is 0 Å². The Morgan fingerprint density at radius 3 is 2.81 bits per heavy atom. The Hall–Kier alpha value is -1.60. The molecule has 0 atom stereocenters. The zero-order valence-corrected chi connectivity index (χ0v) is 10.1. The van der Waals surface area contributed by atoms with Crippen LogP contribution in [0.15, 0.2) is 18.5 Å². The van der Waals surface area contributed by atoms with Crippen molar-refractivity contribution < 1.29 is 0 Å². The van der Waals surface area contributed by atoms with Crippen LogP contribution in [0.3, 0.4) is 0 Å². The van der Waals surface area contributed by atoms with Gasteiger partial charge in [-0.1, -0.05) is 13.8 Å². The van der Waals surface area contributed by atoms with Crippen LogP contribution in [-0.4, -0.2) is 25.1 Å². The number of nitrogens with two attached hydrogens (primary N) is 1. The molecule has 4 nitrogen and oxygen atoms in total. The summed E-state index contributed by atoms with van der Waals surface area (Å²) < 4.78 is 0. The second-order valence-corrected chi connectivity index (χ2v) is 4.73. The molecule has 2 N–H and O–H groups in total. The molecule has 0 radical (unpaired) electrons. The van der Waals surface area contributed by atoms with E-state index in [1.165, 1.54) is 0 Å². The Morgan fingerprint density at radius 2 is 2.25 bits per heavy atom. The summed E-state index contributed by atoms with van der Waals surface area (Å²) in [4.78, 5) is 6.07. The molecule has 0 aliphatic carbocycles. The Labute approximate surface area is 96.7 Å². The van der Waals surface area contributed by atoms with E-state index in [9.17, 15) is 0 Å². The van der Waals surface area contributed by atoms with Crippen molar-refractivity contribution in [2.45, 2.75) is 13.8 Å². The van der Waals surface area contributed by atoms with Crippen molar-refractivity contribution >= 4 is 5.69 Å². The first kappa shape index (κ1) is 12.5. The maximum absolute atomic E-state index is 8.99. The van der Waals surface area contributed by atoms with E-state index < -0.39 is 0 Å². The van der Waals surface area contributed by atoms with E-state index in [1.54, 1.807) is 18.5 Å². The number of aromatic nitrogens is 1. The highest BCUT2D eigenvalue weighted by Crippen LogP contribution is 2.21. The van der Waals surface area contributed by atoms with Crippen LogP contribution in [0.25, 0.3) is 0 Å². The van der Waals surface area contributed by atoms with E-state index in [2.05, 4.69) is 24.9 Å². The first-order valence-corrected chi connectivity index (χ1v) is 5.25. The molecule has 1 aromatic heterocycles. The Bertz CT molecular complexity index is 392. The third kappa shape index (κ3) is 2.94. The zero-order valence-electron chi connectivity index (χ0n) is 10.1. The fourth-order valence-electron chi connectivity index (χ4n) is 1.58. The van der Waals surface area contributed by atoms with Crippen LogP contribution >= 0.6 is 0 Å². The second-order valence-electron chi connectivity index (χ2n) is 4.73. The molecule has 0 bridgehead atoms. The zero-order chi connectivity index (χ0) is 12.2. The summed E-state index contributed by atoms with van der Waals surface area (Å²) in [6, 6.07) is 3.89. The number of rotatable bonds is 4. The fourth-order valence-corrected chi connectivity index (χ4v) is 1.58. The van der Waals surface area contributed by atoms with Gasteiger partial charge in [0, 0.05) is 19.8 Å². The molecule has 16 heavy (non-hydrogen) atoms. The minimum absolute atomic E-state index is 0.0251. The predicted molar refractivity (Wildman–Crippen MR) is 65.1 cm³/mol. The number of nitrogens with zero attached hydrogens (tertiary/aromatic N) is 3. The topological polar surface area (TPSA) is 65.9 Å². The van der Waals surface area contributed by atoms with Gasteiger partial charge in [-0.15, -0.1) is 0 Å². The fraction of sp³-hybridized carbons (Fsp3) is 0.500. The van der Waals surface area contributed by atoms with E-state index >= 15 is 0 Å². The molecule has 0 aliphatic heterocycles. The van der Waals surface area contributed by atoms with Gasteiger partial charge in [0.1, 0.15) is 6.07 Å². The predicted octanol–water partition coefficient (Wildman–Crippen LogP) is 1.37. The van der Waals surface area contributed by atoms with Crippen molar-refractivity contribution in [3.63, 3.8) is 0 Å². The van der Waals surface area contributed by atoms with Crippen molar-refractivity contribution in [3.8, 4) is 6.07 Å². The lowest BCUT2D eigenvalue weighted by Gasteiger charge is -2.30. The van der Waals surface area contributed by atoms with Crippen LogP contribution in [0.1, 0.15) is 19.4 Å². The van der Waals surface area contributed by atoms with Crippen molar-refractivity contribution in [1.82, 2.24) is 4.98 Å². The molecular formula is C12H18N4. The Balaban J connectivity index is 2.89. The maximum atomic E-state index is 8.99. The summed E-state index contributed by atoms with van der Waals surface area (Å²) in [6.45, 7) is 5.61. The lowest BCUT2D eigenvalue weighted by molar-refractivity contribution is 0.385. The van der Waals surface area contributed by atoms with Crippen LogP contribution in [-0.2, 0) is 0 Å². The summed E-state index contributed by atoms with van der Waals surface area (Å²) in [7, 11) is 1.95. The van der Waals surface area contributed by atoms with Crippen LogP contribution in [0.2, 0.25) is 0 Å². The highest BCUT2D eigenvalue weighted by Gasteiger charge is 2.19. The van der Waals surface area contributed by atoms with Gasteiger partial charge in [-0.3, -0.25) is 4.98 Å². The van der Waals surface area contributed by atoms with Gasteiger partial charge < -0.3 is 10.6 Å². The first-order chi connectivity index (χ1) is 7.50. The molecule has 1 rings (SSSR count). The normalized spacial score (nSPS) is 10.9. The van der Waals surface area contributed by atoms with E-state index in [-0.39, 0.29) is 5.41 Å². The largest absolute Gasteiger partial charge is 0.372 e. The van der Waals surface area contributed by atoms with Gasteiger partial charge in [-0.2, -0.15) is 5.26 Å². The van der Waals surface area contributed by atoms with Crippen LogP contribution in [0, 0.1) is 16.7 Å². The van der Waals surface area contributed by atoms with Crippen molar-refractivity contribution in [1.29, 1.82) is 5.26 Å². The molecule has 0 saturated carbocycles. The van der Waals surface area contributed by atoms with E-state index in [4.69, 9.17) is 11.0 Å². The third-order valence-electron chi connectivity index (χ3n) is 2.55. The third-order valence-corrected chi connectivity index (χ3v) is 2.55. The van der Waals surface area contributed by atoms with E-state index in [1.807, 2.05) is 11.9 Å². The molecule has 0 aliphatic rings. The molecule has 0 unspecified atom stereocenters. The number of nitriles is 1. The molecule has 0 fully saturated rings. The molecule has 0 aromatic carbocycles. The molecule has 0 spiro atoms. The summed E-state index contributed by atoms with van der Waals surface area (Å²) in [5.41, 5.74) is 7.22. The molecule has 0 amide bonds. The smallest absolute Gasteiger partial charge is 0.101 e. The molecular weight excluding hydrogens is 200 g/mol. The average molecular weight is 218 g/mol. The summed E-state index contributed by atoms with van der Waals surface area (Å²) in [6.07, 6.45) is 3.34. The lowest BCUT2D eigenvalue weighted by Crippen LogP contribution is -2.37. The van der Waals surface area contributed by atoms with Gasteiger partial charge in [0.05, 0.1) is 17.4 Å². The van der Waals surface area contributed by atoms with Gasteiger partial charge in [0.25, 0.3) is 0 Å². The molecule has 1 heterocycles. The van der Waals surface area contributed by atoms with Crippen LogP contribution in [0.4, 0.5) is 5.69 Å². The summed E-state index contributed by atoms with van der Waals surface area (Å²) >= 11 is 0. The van der Waals surface area contributed by atoms with Crippen molar-refractivity contribution in [2.24, 2.45) is 11.1 Å². The Morgan fingerprint density at radius 1 is 1.56 bits per heavy atom.